The topological polar surface area (TPSA) is 76.9 Å². The lowest BCUT2D eigenvalue weighted by atomic mass is 10.1. The lowest BCUT2D eigenvalue weighted by molar-refractivity contribution is -0.117. The maximum atomic E-state index is 12.8. The normalized spacial score (nSPS) is 10.9. The van der Waals surface area contributed by atoms with Crippen LogP contribution in [0.5, 0.6) is 0 Å². The Labute approximate surface area is 165 Å². The second-order valence-corrected chi connectivity index (χ2v) is 7.34. The number of hydrogen-bond donors (Lipinski definition) is 1. The zero-order valence-corrected chi connectivity index (χ0v) is 16.1. The predicted molar refractivity (Wildman–Crippen MR) is 112 cm³/mol. The van der Waals surface area contributed by atoms with E-state index < -0.39 is 0 Å². The van der Waals surface area contributed by atoms with Gasteiger partial charge in [-0.25, -0.2) is 4.68 Å². The highest BCUT2D eigenvalue weighted by Crippen LogP contribution is 2.30. The van der Waals surface area contributed by atoms with Crippen molar-refractivity contribution in [2.24, 2.45) is 0 Å². The lowest BCUT2D eigenvalue weighted by Crippen LogP contribution is -2.30. The molecule has 0 atom stereocenters. The van der Waals surface area contributed by atoms with E-state index in [1.54, 1.807) is 0 Å². The number of para-hydroxylation sites is 1. The molecule has 2 aromatic carbocycles. The van der Waals surface area contributed by atoms with Crippen LogP contribution in [-0.4, -0.2) is 20.9 Å². The number of amides is 1. The minimum Gasteiger partial charge on any atom is -0.324 e. The summed E-state index contributed by atoms with van der Waals surface area (Å²) in [6.45, 7) is 1.84. The SMILES string of the molecule is CCc1ccccc1NC(=O)Cn1nnc2sc(-c3ccccc3)cc2c1=O. The van der Waals surface area contributed by atoms with Crippen molar-refractivity contribution in [2.45, 2.75) is 19.9 Å². The van der Waals surface area contributed by atoms with E-state index >= 15 is 0 Å². The molecule has 1 N–H and O–H groups in total. The van der Waals surface area contributed by atoms with Crippen LogP contribution in [0.1, 0.15) is 12.5 Å². The van der Waals surface area contributed by atoms with Crippen molar-refractivity contribution in [3.05, 3.63) is 76.6 Å². The molecular formula is C21H18N4O2S. The van der Waals surface area contributed by atoms with Gasteiger partial charge >= 0.3 is 0 Å². The largest absolute Gasteiger partial charge is 0.324 e. The van der Waals surface area contributed by atoms with Crippen LogP contribution in [0.15, 0.2) is 65.5 Å². The van der Waals surface area contributed by atoms with Crippen LogP contribution in [0.4, 0.5) is 5.69 Å². The van der Waals surface area contributed by atoms with E-state index in [1.165, 1.54) is 11.3 Å². The van der Waals surface area contributed by atoms with E-state index in [-0.39, 0.29) is 18.0 Å². The number of aromatic nitrogens is 3. The summed E-state index contributed by atoms with van der Waals surface area (Å²) in [5, 5.41) is 11.4. The van der Waals surface area contributed by atoms with Crippen molar-refractivity contribution in [3.8, 4) is 10.4 Å². The molecule has 28 heavy (non-hydrogen) atoms. The second-order valence-electron chi connectivity index (χ2n) is 6.31. The lowest BCUT2D eigenvalue weighted by Gasteiger charge is -2.09. The molecule has 0 saturated carbocycles. The van der Waals surface area contributed by atoms with Gasteiger partial charge in [0.15, 0.2) is 4.83 Å². The van der Waals surface area contributed by atoms with Crippen LogP contribution in [-0.2, 0) is 17.8 Å². The minimum absolute atomic E-state index is 0.184. The van der Waals surface area contributed by atoms with Crippen molar-refractivity contribution in [1.82, 2.24) is 15.0 Å². The van der Waals surface area contributed by atoms with Gasteiger partial charge in [-0.05, 0) is 29.7 Å². The minimum atomic E-state index is -0.317. The highest BCUT2D eigenvalue weighted by atomic mass is 32.1. The Hall–Kier alpha value is -3.32. The van der Waals surface area contributed by atoms with E-state index in [4.69, 9.17) is 0 Å². The van der Waals surface area contributed by atoms with E-state index in [9.17, 15) is 9.59 Å². The van der Waals surface area contributed by atoms with E-state index in [0.717, 1.165) is 32.8 Å². The Morgan fingerprint density at radius 2 is 1.86 bits per heavy atom. The van der Waals surface area contributed by atoms with Gasteiger partial charge in [0, 0.05) is 10.6 Å². The molecule has 0 spiro atoms. The molecule has 0 radical (unpaired) electrons. The van der Waals surface area contributed by atoms with Crippen LogP contribution < -0.4 is 10.9 Å². The first-order chi connectivity index (χ1) is 13.7. The number of carbonyl (C=O) groups excluding carboxylic acids is 1. The molecule has 0 aliphatic rings. The Kier molecular flexibility index (Phi) is 4.99. The fourth-order valence-corrected chi connectivity index (χ4v) is 3.98. The zero-order valence-electron chi connectivity index (χ0n) is 15.3. The van der Waals surface area contributed by atoms with Gasteiger partial charge in [0.05, 0.1) is 5.39 Å². The van der Waals surface area contributed by atoms with Gasteiger partial charge in [-0.1, -0.05) is 60.7 Å². The first-order valence-corrected chi connectivity index (χ1v) is 9.78. The Morgan fingerprint density at radius 1 is 1.11 bits per heavy atom. The summed E-state index contributed by atoms with van der Waals surface area (Å²) < 4.78 is 1.10. The first-order valence-electron chi connectivity index (χ1n) is 8.96. The Balaban J connectivity index is 1.60. The molecule has 0 aliphatic heterocycles. The molecule has 0 bridgehead atoms. The van der Waals surface area contributed by atoms with Crippen molar-refractivity contribution < 1.29 is 4.79 Å². The van der Waals surface area contributed by atoms with Gasteiger partial charge in [0.1, 0.15) is 6.54 Å². The molecule has 0 saturated heterocycles. The molecular weight excluding hydrogens is 372 g/mol. The number of nitrogens with zero attached hydrogens (tertiary/aromatic N) is 3. The summed E-state index contributed by atoms with van der Waals surface area (Å²) >= 11 is 1.41. The molecule has 2 heterocycles. The number of carbonyl (C=O) groups is 1. The zero-order chi connectivity index (χ0) is 19.5. The average molecular weight is 390 g/mol. The van der Waals surface area contributed by atoms with Crippen molar-refractivity contribution in [2.75, 3.05) is 5.32 Å². The molecule has 4 aromatic rings. The standard InChI is InChI=1S/C21H18N4O2S/c1-2-14-8-6-7-11-17(14)22-19(26)13-25-21(27)16-12-18(28-20(16)23-24-25)15-9-4-3-5-10-15/h3-12H,2,13H2,1H3,(H,22,26). The number of aryl methyl sites for hydroxylation is 1. The number of fused-ring (bicyclic) bond motifs is 1. The average Bonchev–Trinajstić information content (AvgIpc) is 3.16. The summed E-state index contributed by atoms with van der Waals surface area (Å²) in [5.74, 6) is -0.310. The van der Waals surface area contributed by atoms with Crippen LogP contribution >= 0.6 is 11.3 Å². The van der Waals surface area contributed by atoms with Gasteiger partial charge < -0.3 is 5.32 Å². The number of benzene rings is 2. The fourth-order valence-electron chi connectivity index (χ4n) is 3.01. The number of hydrogen-bond acceptors (Lipinski definition) is 5. The first kappa shape index (κ1) is 18.1. The monoisotopic (exact) mass is 390 g/mol. The molecule has 2 aromatic heterocycles. The van der Waals surface area contributed by atoms with Gasteiger partial charge in [-0.15, -0.1) is 16.4 Å². The number of rotatable bonds is 5. The van der Waals surface area contributed by atoms with Gasteiger partial charge in [0.2, 0.25) is 5.91 Å². The third kappa shape index (κ3) is 3.57. The highest BCUT2D eigenvalue weighted by Gasteiger charge is 2.14. The predicted octanol–water partition coefficient (Wildman–Crippen LogP) is 3.72. The van der Waals surface area contributed by atoms with Crippen LogP contribution in [0.25, 0.3) is 20.7 Å². The van der Waals surface area contributed by atoms with Gasteiger partial charge in [0.25, 0.3) is 5.56 Å². The Bertz CT molecular complexity index is 1200. The molecule has 7 heteroatoms. The third-order valence-electron chi connectivity index (χ3n) is 4.44. The molecule has 0 fully saturated rings. The summed E-state index contributed by atoms with van der Waals surface area (Å²) in [5.41, 5.74) is 2.49. The smallest absolute Gasteiger partial charge is 0.279 e. The maximum absolute atomic E-state index is 12.8. The fraction of sp³-hybridized carbons (Fsp3) is 0.143. The molecule has 1 amide bonds. The van der Waals surface area contributed by atoms with Crippen LogP contribution in [0.3, 0.4) is 0 Å². The van der Waals surface area contributed by atoms with Crippen molar-refractivity contribution in [1.29, 1.82) is 0 Å². The molecule has 0 aliphatic carbocycles. The van der Waals surface area contributed by atoms with Gasteiger partial charge in [-0.2, -0.15) is 0 Å². The van der Waals surface area contributed by atoms with Crippen LogP contribution in [0, 0.1) is 0 Å². The summed E-state index contributed by atoms with van der Waals surface area (Å²) in [7, 11) is 0. The summed E-state index contributed by atoms with van der Waals surface area (Å²) in [6, 6.07) is 19.2. The van der Waals surface area contributed by atoms with Crippen molar-refractivity contribution in [3.63, 3.8) is 0 Å². The number of anilines is 1. The quantitative estimate of drug-likeness (QED) is 0.563. The van der Waals surface area contributed by atoms with Crippen LogP contribution in [0.2, 0.25) is 0 Å². The summed E-state index contributed by atoms with van der Waals surface area (Å²) in [4.78, 5) is 26.7. The van der Waals surface area contributed by atoms with E-state index in [0.29, 0.717) is 10.2 Å². The number of nitrogens with one attached hydrogen (secondary N) is 1. The summed E-state index contributed by atoms with van der Waals surface area (Å²) in [6.07, 6.45) is 0.805. The van der Waals surface area contributed by atoms with E-state index in [2.05, 4.69) is 15.6 Å². The molecule has 4 rings (SSSR count). The molecule has 0 unspecified atom stereocenters. The third-order valence-corrected chi connectivity index (χ3v) is 5.51. The maximum Gasteiger partial charge on any atom is 0.279 e. The highest BCUT2D eigenvalue weighted by molar-refractivity contribution is 7.21. The van der Waals surface area contributed by atoms with Crippen molar-refractivity contribution >= 4 is 33.1 Å². The van der Waals surface area contributed by atoms with E-state index in [1.807, 2.05) is 67.6 Å². The molecule has 140 valence electrons. The second kappa shape index (κ2) is 7.74. The number of thiophene rings is 1. The molecule has 6 nitrogen and oxygen atoms in total. The van der Waals surface area contributed by atoms with Gasteiger partial charge in [-0.3, -0.25) is 9.59 Å². The Morgan fingerprint density at radius 3 is 2.64 bits per heavy atom.